The van der Waals surface area contributed by atoms with Crippen molar-refractivity contribution in [1.82, 2.24) is 9.97 Å². The van der Waals surface area contributed by atoms with E-state index >= 15 is 0 Å². The maximum absolute atomic E-state index is 12.2. The predicted octanol–water partition coefficient (Wildman–Crippen LogP) is 3.71. The quantitative estimate of drug-likeness (QED) is 0.673. The van der Waals surface area contributed by atoms with E-state index in [1.165, 1.54) is 0 Å². The van der Waals surface area contributed by atoms with E-state index in [0.717, 1.165) is 5.69 Å². The SMILES string of the molecule is Nc1cccnc1Nc1ccc(C(=O)Nc2ncccc2Cl)cc1. The van der Waals surface area contributed by atoms with Gasteiger partial charge >= 0.3 is 0 Å². The van der Waals surface area contributed by atoms with Gasteiger partial charge in [0.1, 0.15) is 0 Å². The molecule has 0 fully saturated rings. The minimum atomic E-state index is -0.292. The minimum Gasteiger partial charge on any atom is -0.396 e. The van der Waals surface area contributed by atoms with Crippen LogP contribution < -0.4 is 16.4 Å². The number of nitrogens with zero attached hydrogens (tertiary/aromatic N) is 2. The number of aromatic nitrogens is 2. The summed E-state index contributed by atoms with van der Waals surface area (Å²) in [6, 6.07) is 13.8. The first-order chi connectivity index (χ1) is 11.6. The Morgan fingerprint density at radius 3 is 2.29 bits per heavy atom. The first kappa shape index (κ1) is 15.8. The fourth-order valence-electron chi connectivity index (χ4n) is 2.02. The van der Waals surface area contributed by atoms with Crippen molar-refractivity contribution in [3.05, 3.63) is 71.5 Å². The number of pyridine rings is 2. The van der Waals surface area contributed by atoms with Gasteiger partial charge in [0.05, 0.1) is 10.7 Å². The van der Waals surface area contributed by atoms with Gasteiger partial charge < -0.3 is 16.4 Å². The number of rotatable bonds is 4. The lowest BCUT2D eigenvalue weighted by molar-refractivity contribution is 0.102. The third-order valence-electron chi connectivity index (χ3n) is 3.24. The average molecular weight is 340 g/mol. The van der Waals surface area contributed by atoms with Gasteiger partial charge in [0.25, 0.3) is 5.91 Å². The Bertz CT molecular complexity index is 867. The van der Waals surface area contributed by atoms with Gasteiger partial charge in [-0.15, -0.1) is 0 Å². The molecular weight excluding hydrogens is 326 g/mol. The minimum absolute atomic E-state index is 0.292. The number of benzene rings is 1. The van der Waals surface area contributed by atoms with Crippen LogP contribution in [0.5, 0.6) is 0 Å². The Labute approximate surface area is 143 Å². The smallest absolute Gasteiger partial charge is 0.256 e. The first-order valence-corrected chi connectivity index (χ1v) is 7.51. The maximum atomic E-state index is 12.2. The van der Waals surface area contributed by atoms with Crippen molar-refractivity contribution in [2.45, 2.75) is 0 Å². The number of halogens is 1. The summed E-state index contributed by atoms with van der Waals surface area (Å²) in [5, 5.41) is 6.15. The van der Waals surface area contributed by atoms with Gasteiger partial charge in [0.2, 0.25) is 0 Å². The Hall–Kier alpha value is -3.12. The van der Waals surface area contributed by atoms with Crippen LogP contribution in [0.25, 0.3) is 0 Å². The van der Waals surface area contributed by atoms with Crippen LogP contribution in [0.2, 0.25) is 5.02 Å². The van der Waals surface area contributed by atoms with Gasteiger partial charge in [-0.25, -0.2) is 9.97 Å². The van der Waals surface area contributed by atoms with E-state index in [1.807, 2.05) is 0 Å². The number of nitrogens with one attached hydrogen (secondary N) is 2. The fraction of sp³-hybridized carbons (Fsp3) is 0. The molecule has 2 heterocycles. The molecule has 0 unspecified atom stereocenters. The molecule has 24 heavy (non-hydrogen) atoms. The summed E-state index contributed by atoms with van der Waals surface area (Å²) < 4.78 is 0. The Morgan fingerprint density at radius 1 is 0.958 bits per heavy atom. The molecule has 0 aliphatic carbocycles. The van der Waals surface area contributed by atoms with E-state index in [0.29, 0.717) is 27.9 Å². The number of nitrogen functional groups attached to an aromatic ring is 1. The zero-order valence-corrected chi connectivity index (χ0v) is 13.3. The molecule has 3 rings (SSSR count). The van der Waals surface area contributed by atoms with Crippen molar-refractivity contribution in [3.8, 4) is 0 Å². The molecule has 4 N–H and O–H groups in total. The Morgan fingerprint density at radius 2 is 1.62 bits per heavy atom. The summed E-state index contributed by atoms with van der Waals surface area (Å²) in [7, 11) is 0. The van der Waals surface area contributed by atoms with E-state index in [1.54, 1.807) is 60.9 Å². The molecule has 3 aromatic rings. The van der Waals surface area contributed by atoms with Crippen LogP contribution in [-0.2, 0) is 0 Å². The topological polar surface area (TPSA) is 92.9 Å². The molecule has 0 radical (unpaired) electrons. The molecule has 7 heteroatoms. The van der Waals surface area contributed by atoms with Crippen LogP contribution in [0.3, 0.4) is 0 Å². The molecule has 1 amide bonds. The summed E-state index contributed by atoms with van der Waals surface area (Å²) in [6.07, 6.45) is 3.21. The van der Waals surface area contributed by atoms with E-state index in [9.17, 15) is 4.79 Å². The van der Waals surface area contributed by atoms with E-state index in [4.69, 9.17) is 17.3 Å². The van der Waals surface area contributed by atoms with Crippen LogP contribution in [0.15, 0.2) is 60.9 Å². The molecule has 0 atom stereocenters. The van der Waals surface area contributed by atoms with Gasteiger partial charge in [0, 0.05) is 23.6 Å². The van der Waals surface area contributed by atoms with Gasteiger partial charge in [-0.2, -0.15) is 0 Å². The zero-order chi connectivity index (χ0) is 16.9. The van der Waals surface area contributed by atoms with Crippen molar-refractivity contribution in [2.75, 3.05) is 16.4 Å². The molecule has 0 spiro atoms. The highest BCUT2D eigenvalue weighted by Crippen LogP contribution is 2.21. The lowest BCUT2D eigenvalue weighted by Crippen LogP contribution is -2.13. The third-order valence-corrected chi connectivity index (χ3v) is 3.54. The second-order valence-electron chi connectivity index (χ2n) is 4.93. The molecule has 0 saturated heterocycles. The molecule has 120 valence electrons. The lowest BCUT2D eigenvalue weighted by Gasteiger charge is -2.09. The van der Waals surface area contributed by atoms with E-state index < -0.39 is 0 Å². The number of carbonyl (C=O) groups is 1. The second-order valence-corrected chi connectivity index (χ2v) is 5.34. The molecule has 0 aliphatic rings. The van der Waals surface area contributed by atoms with Crippen molar-refractivity contribution >= 4 is 40.5 Å². The number of hydrogen-bond donors (Lipinski definition) is 3. The number of anilines is 4. The summed E-state index contributed by atoms with van der Waals surface area (Å²) >= 11 is 5.98. The maximum Gasteiger partial charge on any atom is 0.256 e. The predicted molar refractivity (Wildman–Crippen MR) is 95.6 cm³/mol. The molecular formula is C17H14ClN5O. The lowest BCUT2D eigenvalue weighted by atomic mass is 10.2. The van der Waals surface area contributed by atoms with Crippen LogP contribution in [0, 0.1) is 0 Å². The van der Waals surface area contributed by atoms with Crippen molar-refractivity contribution in [3.63, 3.8) is 0 Å². The van der Waals surface area contributed by atoms with Crippen LogP contribution in [0.4, 0.5) is 23.0 Å². The van der Waals surface area contributed by atoms with Crippen LogP contribution in [0.1, 0.15) is 10.4 Å². The van der Waals surface area contributed by atoms with Crippen molar-refractivity contribution < 1.29 is 4.79 Å². The standard InChI is InChI=1S/C17H14ClN5O/c18-13-3-1-9-20-15(13)23-17(24)11-5-7-12(8-6-11)22-16-14(19)4-2-10-21-16/h1-10H,19H2,(H,21,22)(H,20,23,24). The van der Waals surface area contributed by atoms with Gasteiger partial charge in [-0.05, 0) is 48.5 Å². The van der Waals surface area contributed by atoms with Crippen molar-refractivity contribution in [2.24, 2.45) is 0 Å². The fourth-order valence-corrected chi connectivity index (χ4v) is 2.19. The molecule has 1 aromatic carbocycles. The van der Waals surface area contributed by atoms with Crippen LogP contribution in [-0.4, -0.2) is 15.9 Å². The van der Waals surface area contributed by atoms with Gasteiger partial charge in [0.15, 0.2) is 11.6 Å². The van der Waals surface area contributed by atoms with Gasteiger partial charge in [-0.1, -0.05) is 11.6 Å². The number of nitrogens with two attached hydrogens (primary N) is 1. The molecule has 0 saturated carbocycles. The largest absolute Gasteiger partial charge is 0.396 e. The second kappa shape index (κ2) is 6.97. The highest BCUT2D eigenvalue weighted by molar-refractivity contribution is 6.33. The summed E-state index contributed by atoms with van der Waals surface area (Å²) in [4.78, 5) is 20.4. The van der Waals surface area contributed by atoms with Crippen molar-refractivity contribution in [1.29, 1.82) is 0 Å². The van der Waals surface area contributed by atoms with Crippen LogP contribution >= 0.6 is 11.6 Å². The third kappa shape index (κ3) is 3.61. The summed E-state index contributed by atoms with van der Waals surface area (Å²) in [6.45, 7) is 0. The summed E-state index contributed by atoms with van der Waals surface area (Å²) in [5.41, 5.74) is 7.64. The monoisotopic (exact) mass is 339 g/mol. The van der Waals surface area contributed by atoms with Gasteiger partial charge in [-0.3, -0.25) is 4.79 Å². The molecule has 0 aliphatic heterocycles. The number of amides is 1. The van der Waals surface area contributed by atoms with E-state index in [-0.39, 0.29) is 5.91 Å². The highest BCUT2D eigenvalue weighted by Gasteiger charge is 2.09. The average Bonchev–Trinajstić information content (AvgIpc) is 2.59. The number of hydrogen-bond acceptors (Lipinski definition) is 5. The highest BCUT2D eigenvalue weighted by atomic mass is 35.5. The number of carbonyl (C=O) groups excluding carboxylic acids is 1. The Kier molecular flexibility index (Phi) is 4.58. The molecule has 6 nitrogen and oxygen atoms in total. The normalized spacial score (nSPS) is 10.2. The van der Waals surface area contributed by atoms with E-state index in [2.05, 4.69) is 20.6 Å². The Balaban J connectivity index is 1.71. The molecule has 0 bridgehead atoms. The zero-order valence-electron chi connectivity index (χ0n) is 12.5. The summed E-state index contributed by atoms with van der Waals surface area (Å²) in [5.74, 6) is 0.599. The first-order valence-electron chi connectivity index (χ1n) is 7.13. The molecule has 2 aromatic heterocycles.